The molecule has 0 saturated heterocycles. The highest BCUT2D eigenvalue weighted by molar-refractivity contribution is 7.98. The molecular weight excluding hydrogens is 356 g/mol. The third kappa shape index (κ3) is 3.99. The Morgan fingerprint density at radius 3 is 2.64 bits per heavy atom. The Labute approximate surface area is 155 Å². The maximum atomic E-state index is 12.8. The Hall–Kier alpha value is -1.98. The molecule has 6 heteroatoms. The molecule has 0 radical (unpaired) electrons. The number of fused-ring (bicyclic) bond motifs is 1. The normalized spacial score (nSPS) is 11.0. The molecule has 25 heavy (non-hydrogen) atoms. The van der Waals surface area contributed by atoms with Crippen molar-refractivity contribution in [1.29, 1.82) is 0 Å². The number of thioether (sulfide) groups is 1. The zero-order chi connectivity index (χ0) is 17.8. The molecule has 0 spiro atoms. The van der Waals surface area contributed by atoms with Crippen LogP contribution in [0.4, 0.5) is 0 Å². The van der Waals surface area contributed by atoms with Crippen molar-refractivity contribution in [2.24, 2.45) is 0 Å². The average molecular weight is 375 g/mol. The van der Waals surface area contributed by atoms with E-state index in [2.05, 4.69) is 11.9 Å². The maximum Gasteiger partial charge on any atom is 0.262 e. The summed E-state index contributed by atoms with van der Waals surface area (Å²) in [6.45, 7) is 2.70. The van der Waals surface area contributed by atoms with E-state index >= 15 is 0 Å². The number of halogens is 1. The lowest BCUT2D eigenvalue weighted by Crippen LogP contribution is -2.23. The first kappa shape index (κ1) is 17.8. The number of rotatable bonds is 6. The minimum absolute atomic E-state index is 0.0132. The minimum atomic E-state index is -0.0132. The summed E-state index contributed by atoms with van der Waals surface area (Å²) in [7, 11) is 1.65. The number of nitrogens with zero attached hydrogens (tertiary/aromatic N) is 2. The fraction of sp³-hybridized carbons (Fsp3) is 0.263. The average Bonchev–Trinajstić information content (AvgIpc) is 2.63. The highest BCUT2D eigenvalue weighted by Crippen LogP contribution is 2.24. The lowest BCUT2D eigenvalue weighted by Gasteiger charge is -2.12. The molecule has 3 rings (SSSR count). The fourth-order valence-electron chi connectivity index (χ4n) is 2.57. The van der Waals surface area contributed by atoms with Crippen LogP contribution in [-0.4, -0.2) is 16.7 Å². The molecule has 130 valence electrons. The molecule has 0 atom stereocenters. The van der Waals surface area contributed by atoms with Crippen molar-refractivity contribution in [2.45, 2.75) is 30.8 Å². The lowest BCUT2D eigenvalue weighted by molar-refractivity contribution is 0.414. The van der Waals surface area contributed by atoms with Gasteiger partial charge in [-0.2, -0.15) is 0 Å². The van der Waals surface area contributed by atoms with E-state index in [0.717, 1.165) is 28.6 Å². The zero-order valence-corrected chi connectivity index (χ0v) is 15.7. The first-order valence-electron chi connectivity index (χ1n) is 8.08. The van der Waals surface area contributed by atoms with Gasteiger partial charge in [-0.15, -0.1) is 0 Å². The predicted octanol–water partition coefficient (Wildman–Crippen LogP) is 4.76. The largest absolute Gasteiger partial charge is 0.497 e. The van der Waals surface area contributed by atoms with Crippen LogP contribution in [0.5, 0.6) is 5.75 Å². The zero-order valence-electron chi connectivity index (χ0n) is 14.2. The first-order chi connectivity index (χ1) is 12.1. The van der Waals surface area contributed by atoms with Crippen LogP contribution in [0.2, 0.25) is 5.02 Å². The van der Waals surface area contributed by atoms with E-state index in [0.29, 0.717) is 22.5 Å². The summed E-state index contributed by atoms with van der Waals surface area (Å²) in [6.07, 6.45) is 0.872. The quantitative estimate of drug-likeness (QED) is 0.461. The highest BCUT2D eigenvalue weighted by atomic mass is 35.5. The van der Waals surface area contributed by atoms with Crippen molar-refractivity contribution >= 4 is 34.3 Å². The molecule has 2 aromatic carbocycles. The van der Waals surface area contributed by atoms with Crippen LogP contribution in [0.3, 0.4) is 0 Å². The standard InChI is InChI=1S/C19H19ClN2O2S/c1-3-10-22-18(23)16-9-6-14(20)11-17(16)21-19(22)25-12-13-4-7-15(24-2)8-5-13/h4-9,11H,3,10,12H2,1-2H3. The van der Waals surface area contributed by atoms with Gasteiger partial charge in [-0.3, -0.25) is 9.36 Å². The molecule has 4 nitrogen and oxygen atoms in total. The summed E-state index contributed by atoms with van der Waals surface area (Å²) >= 11 is 7.61. The summed E-state index contributed by atoms with van der Waals surface area (Å²) < 4.78 is 6.94. The maximum absolute atomic E-state index is 12.8. The van der Waals surface area contributed by atoms with Gasteiger partial charge in [0.2, 0.25) is 0 Å². The van der Waals surface area contributed by atoms with E-state index < -0.39 is 0 Å². The van der Waals surface area contributed by atoms with Crippen molar-refractivity contribution < 1.29 is 4.74 Å². The lowest BCUT2D eigenvalue weighted by atomic mass is 10.2. The van der Waals surface area contributed by atoms with Gasteiger partial charge in [0.15, 0.2) is 5.16 Å². The second-order valence-electron chi connectivity index (χ2n) is 5.65. The fourth-order valence-corrected chi connectivity index (χ4v) is 3.72. The molecule has 0 aliphatic heterocycles. The van der Waals surface area contributed by atoms with Gasteiger partial charge in [0, 0.05) is 17.3 Å². The highest BCUT2D eigenvalue weighted by Gasteiger charge is 2.12. The van der Waals surface area contributed by atoms with E-state index in [9.17, 15) is 4.79 Å². The van der Waals surface area contributed by atoms with Gasteiger partial charge < -0.3 is 4.74 Å². The van der Waals surface area contributed by atoms with E-state index in [4.69, 9.17) is 16.3 Å². The predicted molar refractivity (Wildman–Crippen MR) is 104 cm³/mol. The summed E-state index contributed by atoms with van der Waals surface area (Å²) in [4.78, 5) is 17.5. The van der Waals surface area contributed by atoms with Crippen LogP contribution >= 0.6 is 23.4 Å². The molecule has 3 aromatic rings. The van der Waals surface area contributed by atoms with Crippen LogP contribution in [0.1, 0.15) is 18.9 Å². The minimum Gasteiger partial charge on any atom is -0.497 e. The van der Waals surface area contributed by atoms with Crippen LogP contribution in [-0.2, 0) is 12.3 Å². The second-order valence-corrected chi connectivity index (χ2v) is 7.03. The van der Waals surface area contributed by atoms with Gasteiger partial charge in [0.05, 0.1) is 18.0 Å². The molecule has 0 aliphatic rings. The molecule has 1 aromatic heterocycles. The molecule has 0 amide bonds. The monoisotopic (exact) mass is 374 g/mol. The van der Waals surface area contributed by atoms with Gasteiger partial charge in [0.1, 0.15) is 5.75 Å². The van der Waals surface area contributed by atoms with Gasteiger partial charge in [0.25, 0.3) is 5.56 Å². The number of ether oxygens (including phenoxy) is 1. The van der Waals surface area contributed by atoms with E-state index in [1.807, 2.05) is 24.3 Å². The van der Waals surface area contributed by atoms with Crippen molar-refractivity contribution in [3.8, 4) is 5.75 Å². The van der Waals surface area contributed by atoms with E-state index in [-0.39, 0.29) is 5.56 Å². The molecule has 0 N–H and O–H groups in total. The molecule has 0 fully saturated rings. The van der Waals surface area contributed by atoms with Crippen molar-refractivity contribution in [3.05, 3.63) is 63.4 Å². The Bertz CT molecular complexity index is 939. The number of hydrogen-bond donors (Lipinski definition) is 0. The molecular formula is C19H19ClN2O2S. The Morgan fingerprint density at radius 1 is 1.20 bits per heavy atom. The second kappa shape index (κ2) is 7.93. The summed E-state index contributed by atoms with van der Waals surface area (Å²) in [5, 5.41) is 1.91. The topological polar surface area (TPSA) is 44.1 Å². The third-order valence-electron chi connectivity index (χ3n) is 3.86. The number of hydrogen-bond acceptors (Lipinski definition) is 4. The molecule has 0 bridgehead atoms. The molecule has 0 aliphatic carbocycles. The smallest absolute Gasteiger partial charge is 0.262 e. The number of aromatic nitrogens is 2. The summed E-state index contributed by atoms with van der Waals surface area (Å²) in [5.74, 6) is 1.56. The Balaban J connectivity index is 1.95. The van der Waals surface area contributed by atoms with Crippen molar-refractivity contribution in [3.63, 3.8) is 0 Å². The van der Waals surface area contributed by atoms with Gasteiger partial charge in [-0.1, -0.05) is 42.4 Å². The SMILES string of the molecule is CCCn1c(SCc2ccc(OC)cc2)nc2cc(Cl)ccc2c1=O. The summed E-state index contributed by atoms with van der Waals surface area (Å²) in [6, 6.07) is 13.1. The van der Waals surface area contributed by atoms with Crippen molar-refractivity contribution in [1.82, 2.24) is 9.55 Å². The number of benzene rings is 2. The molecule has 0 unspecified atom stereocenters. The third-order valence-corrected chi connectivity index (χ3v) is 5.14. The van der Waals surface area contributed by atoms with Gasteiger partial charge in [-0.25, -0.2) is 4.98 Å². The molecule has 0 saturated carbocycles. The Kier molecular flexibility index (Phi) is 5.66. The van der Waals surface area contributed by atoms with Crippen LogP contribution in [0.15, 0.2) is 52.4 Å². The van der Waals surface area contributed by atoms with Crippen LogP contribution < -0.4 is 10.3 Å². The molecule has 1 heterocycles. The van der Waals surface area contributed by atoms with Crippen LogP contribution in [0, 0.1) is 0 Å². The van der Waals surface area contributed by atoms with E-state index in [1.165, 1.54) is 0 Å². The van der Waals surface area contributed by atoms with E-state index in [1.54, 1.807) is 41.6 Å². The summed E-state index contributed by atoms with van der Waals surface area (Å²) in [5.41, 5.74) is 1.78. The van der Waals surface area contributed by atoms with Gasteiger partial charge in [-0.05, 0) is 42.3 Å². The van der Waals surface area contributed by atoms with Gasteiger partial charge >= 0.3 is 0 Å². The first-order valence-corrected chi connectivity index (χ1v) is 9.44. The number of methoxy groups -OCH3 is 1. The Morgan fingerprint density at radius 2 is 1.96 bits per heavy atom. The van der Waals surface area contributed by atoms with Crippen LogP contribution in [0.25, 0.3) is 10.9 Å². The van der Waals surface area contributed by atoms with Crippen molar-refractivity contribution in [2.75, 3.05) is 7.11 Å².